The molecule has 0 radical (unpaired) electrons. The van der Waals surface area contributed by atoms with E-state index < -0.39 is 36.0 Å². The number of nitrogens with one attached hydrogen (secondary N) is 5. The summed E-state index contributed by atoms with van der Waals surface area (Å²) < 4.78 is 0. The van der Waals surface area contributed by atoms with Crippen LogP contribution in [0.1, 0.15) is 45.6 Å². The fraction of sp³-hybridized carbons (Fsp3) is 0.500. The fourth-order valence-corrected chi connectivity index (χ4v) is 3.62. The van der Waals surface area contributed by atoms with Gasteiger partial charge in [-0.2, -0.15) is 5.10 Å². The van der Waals surface area contributed by atoms with Crippen molar-refractivity contribution in [3.63, 3.8) is 0 Å². The number of hydrogen-bond acceptors (Lipinski definition) is 5. The number of rotatable bonds is 15. The highest BCUT2D eigenvalue weighted by Gasteiger charge is 2.28. The second-order valence-corrected chi connectivity index (χ2v) is 9.60. The van der Waals surface area contributed by atoms with Gasteiger partial charge in [0.05, 0.1) is 12.6 Å². The van der Waals surface area contributed by atoms with E-state index in [0.717, 1.165) is 5.56 Å². The molecule has 11 N–H and O–H groups in total. The van der Waals surface area contributed by atoms with Crippen LogP contribution >= 0.6 is 11.6 Å². The largest absolute Gasteiger partial charge is 1.00 e. The lowest BCUT2D eigenvalue weighted by molar-refractivity contribution is -0.459. The second kappa shape index (κ2) is 18.6. The molecule has 0 aliphatic carbocycles. The first-order valence-electron chi connectivity index (χ1n) is 12.2. The average Bonchev–Trinajstić information content (AvgIpc) is 2.81. The van der Waals surface area contributed by atoms with Gasteiger partial charge < -0.3 is 34.1 Å². The molecule has 0 saturated heterocycles. The van der Waals surface area contributed by atoms with E-state index in [-0.39, 0.29) is 36.6 Å². The SMILES string of the molecule is CC(=O)N[C@@H](CC(C)C)C(=O)N[C@@H](Cc1ccc(Cl)cc1)C(=O)N[C@@H](CCC[NH+]=C(N)N)/[13CH]=N/NC(N)=O.[Cl-]. The normalized spacial score (nSPS) is 12.9. The highest BCUT2D eigenvalue weighted by molar-refractivity contribution is 6.30. The van der Waals surface area contributed by atoms with E-state index in [4.69, 9.17) is 28.8 Å². The molecule has 3 atom stereocenters. The van der Waals surface area contributed by atoms with Crippen LogP contribution in [0.4, 0.5) is 4.79 Å². The van der Waals surface area contributed by atoms with E-state index >= 15 is 0 Å². The van der Waals surface area contributed by atoms with E-state index in [0.29, 0.717) is 30.8 Å². The summed E-state index contributed by atoms with van der Waals surface area (Å²) in [6, 6.07) is 3.59. The minimum atomic E-state index is -0.988. The number of amides is 5. The number of nitrogens with zero attached hydrogens (tertiary/aromatic N) is 1. The van der Waals surface area contributed by atoms with E-state index in [1.807, 2.05) is 13.8 Å². The molecule has 1 aromatic rings. The molecule has 0 bridgehead atoms. The van der Waals surface area contributed by atoms with Gasteiger partial charge in [0.25, 0.3) is 0 Å². The summed E-state index contributed by atoms with van der Waals surface area (Å²) in [5.74, 6) is -1.15. The molecule has 13 nitrogen and oxygen atoms in total. The Kier molecular flexibility index (Phi) is 16.9. The summed E-state index contributed by atoms with van der Waals surface area (Å²) in [4.78, 5) is 52.0. The highest BCUT2D eigenvalue weighted by atomic mass is 35.5. The van der Waals surface area contributed by atoms with Crippen molar-refractivity contribution in [2.24, 2.45) is 28.2 Å². The van der Waals surface area contributed by atoms with Gasteiger partial charge in [0, 0.05) is 24.6 Å². The van der Waals surface area contributed by atoms with Gasteiger partial charge in [-0.3, -0.25) is 30.8 Å². The summed E-state index contributed by atoms with van der Waals surface area (Å²) in [5.41, 5.74) is 18.7. The van der Waals surface area contributed by atoms with Crippen LogP contribution in [-0.4, -0.2) is 60.6 Å². The molecule has 0 unspecified atom stereocenters. The third-order valence-electron chi connectivity index (χ3n) is 5.17. The van der Waals surface area contributed by atoms with E-state index in [1.165, 1.54) is 13.1 Å². The van der Waals surface area contributed by atoms with Crippen molar-refractivity contribution in [1.82, 2.24) is 21.4 Å². The van der Waals surface area contributed by atoms with Crippen molar-refractivity contribution in [2.45, 2.75) is 64.6 Å². The Bertz CT molecular complexity index is 1000. The molecule has 0 fully saturated rings. The van der Waals surface area contributed by atoms with Crippen molar-refractivity contribution in [1.29, 1.82) is 0 Å². The van der Waals surface area contributed by atoms with E-state index in [1.54, 1.807) is 24.3 Å². The van der Waals surface area contributed by atoms with Crippen LogP contribution in [0.2, 0.25) is 5.02 Å². The fourth-order valence-electron chi connectivity index (χ4n) is 3.50. The van der Waals surface area contributed by atoms with Crippen LogP contribution in [0.5, 0.6) is 0 Å². The van der Waals surface area contributed by atoms with Gasteiger partial charge in [-0.25, -0.2) is 10.2 Å². The van der Waals surface area contributed by atoms with Gasteiger partial charge in [0.1, 0.15) is 12.1 Å². The van der Waals surface area contributed by atoms with Crippen LogP contribution < -0.4 is 56.0 Å². The molecule has 0 aliphatic heterocycles. The summed E-state index contributed by atoms with van der Waals surface area (Å²) >= 11 is 5.99. The number of primary amides is 1. The molecule has 39 heavy (non-hydrogen) atoms. The standard InChI is InChI=1S/C24H38ClN9O4.ClH/c1-14(2)11-19(31-15(3)35)22(37)33-20(12-16-6-8-17(25)9-7-16)21(36)32-18(13-30-34-24(28)38)5-4-10-29-23(26)27;/h6-9,13-14,18-20H,4-5,10-12H2,1-3H3,(H,31,35)(H,32,36)(H,33,37)(H4,26,27,29)(H3,28,34,38);1H/b30-13+;/t18-,19-,20-;/m0./s1/i13+1;. The monoisotopic (exact) mass is 588 g/mol. The Hall–Kier alpha value is -3.58. The molecule has 0 aromatic heterocycles. The molecule has 0 heterocycles. The van der Waals surface area contributed by atoms with Crippen LogP contribution in [0.3, 0.4) is 0 Å². The number of guanidine groups is 1. The molecule has 0 aliphatic rings. The first-order chi connectivity index (χ1) is 17.9. The average molecular weight is 590 g/mol. The van der Waals surface area contributed by atoms with Gasteiger partial charge in [0.15, 0.2) is 0 Å². The maximum Gasteiger partial charge on any atom is 0.338 e. The number of nitrogens with two attached hydrogens (primary N) is 3. The Morgan fingerprint density at radius 3 is 2.15 bits per heavy atom. The van der Waals surface area contributed by atoms with Crippen molar-refractivity contribution in [3.05, 3.63) is 34.9 Å². The van der Waals surface area contributed by atoms with Gasteiger partial charge in [-0.05, 0) is 42.9 Å². The minimum absolute atomic E-state index is 0. The van der Waals surface area contributed by atoms with Crippen molar-refractivity contribution in [3.8, 4) is 0 Å². The number of urea groups is 1. The van der Waals surface area contributed by atoms with Crippen LogP contribution in [0.25, 0.3) is 0 Å². The summed E-state index contributed by atoms with van der Waals surface area (Å²) in [5, 5.41) is 12.5. The number of benzene rings is 1. The van der Waals surface area contributed by atoms with E-state index in [2.05, 4.69) is 31.5 Å². The van der Waals surface area contributed by atoms with E-state index in [9.17, 15) is 19.2 Å². The Morgan fingerprint density at radius 2 is 1.62 bits per heavy atom. The van der Waals surface area contributed by atoms with Crippen molar-refractivity contribution >= 4 is 47.5 Å². The molecule has 218 valence electrons. The lowest BCUT2D eigenvalue weighted by Gasteiger charge is -2.25. The van der Waals surface area contributed by atoms with Crippen molar-refractivity contribution < 1.29 is 36.6 Å². The zero-order valence-corrected chi connectivity index (χ0v) is 23.8. The van der Waals surface area contributed by atoms with Crippen LogP contribution in [-0.2, 0) is 20.8 Å². The molecule has 5 amide bonds. The third kappa shape index (κ3) is 16.1. The number of hydrazone groups is 1. The summed E-state index contributed by atoms with van der Waals surface area (Å²) in [6.45, 7) is 5.61. The molecule has 0 saturated carbocycles. The molecule has 0 spiro atoms. The summed E-state index contributed by atoms with van der Waals surface area (Å²) in [7, 11) is 0. The molecule has 1 aromatic carbocycles. The Balaban J connectivity index is 0.0000144. The van der Waals surface area contributed by atoms with Gasteiger partial charge in [0.2, 0.25) is 17.7 Å². The predicted molar refractivity (Wildman–Crippen MR) is 146 cm³/mol. The number of halogens is 2. The highest BCUT2D eigenvalue weighted by Crippen LogP contribution is 2.12. The molecular formula is C24H39Cl2N9O4. The molecule has 1 rings (SSSR count). The predicted octanol–water partition coefficient (Wildman–Crippen LogP) is -4.80. The second-order valence-electron chi connectivity index (χ2n) is 9.17. The van der Waals surface area contributed by atoms with Gasteiger partial charge >= 0.3 is 12.0 Å². The zero-order chi connectivity index (χ0) is 28.7. The first-order valence-corrected chi connectivity index (χ1v) is 12.6. The van der Waals surface area contributed by atoms with Crippen molar-refractivity contribution in [2.75, 3.05) is 6.54 Å². The lowest BCUT2D eigenvalue weighted by Crippen LogP contribution is -3.00. The maximum absolute atomic E-state index is 13.4. The van der Waals surface area contributed by atoms with Crippen LogP contribution in [0.15, 0.2) is 29.4 Å². The van der Waals surface area contributed by atoms with Gasteiger partial charge in [-0.1, -0.05) is 37.6 Å². The lowest BCUT2D eigenvalue weighted by atomic mass is 10.0. The quantitative estimate of drug-likeness (QED) is 0.0330. The number of carbonyl (C=O) groups is 4. The smallest absolute Gasteiger partial charge is 0.338 e. The van der Waals surface area contributed by atoms with Gasteiger partial charge in [-0.15, -0.1) is 0 Å². The maximum atomic E-state index is 13.4. The Labute approximate surface area is 239 Å². The van der Waals surface area contributed by atoms with Crippen LogP contribution in [0, 0.1) is 5.92 Å². The zero-order valence-electron chi connectivity index (χ0n) is 22.3. The Morgan fingerprint density at radius 1 is 1.00 bits per heavy atom. The molecular weight excluding hydrogens is 550 g/mol. The number of carbonyl (C=O) groups excluding carboxylic acids is 4. The molecule has 15 heteroatoms. The number of hydrogen-bond donors (Lipinski definition) is 8. The third-order valence-corrected chi connectivity index (χ3v) is 5.42. The topological polar surface area (TPSA) is 221 Å². The minimum Gasteiger partial charge on any atom is -1.00 e. The first kappa shape index (κ1) is 35.4. The summed E-state index contributed by atoms with van der Waals surface area (Å²) in [6.07, 6.45) is 2.83.